The van der Waals surface area contributed by atoms with Crippen LogP contribution in [-0.4, -0.2) is 15.0 Å². The summed E-state index contributed by atoms with van der Waals surface area (Å²) in [6.45, 7) is 1.94. The summed E-state index contributed by atoms with van der Waals surface area (Å²) in [5.41, 5.74) is 9.53. The highest BCUT2D eigenvalue weighted by Gasteiger charge is 2.12. The summed E-state index contributed by atoms with van der Waals surface area (Å²) in [5, 5.41) is 1.91. The standard InChI is InChI=1S/C9H10N4S/c1-6-2-11-9(12-3-6)8(10)7-4-14-5-13-7/h2-5,8H,10H2,1H3. The van der Waals surface area contributed by atoms with Gasteiger partial charge in [0.1, 0.15) is 6.04 Å². The van der Waals surface area contributed by atoms with Crippen LogP contribution in [0.3, 0.4) is 0 Å². The van der Waals surface area contributed by atoms with E-state index in [1.54, 1.807) is 17.9 Å². The quantitative estimate of drug-likeness (QED) is 0.804. The molecule has 0 amide bonds. The van der Waals surface area contributed by atoms with E-state index in [1.165, 1.54) is 11.3 Å². The first kappa shape index (κ1) is 9.23. The van der Waals surface area contributed by atoms with E-state index >= 15 is 0 Å². The number of nitrogens with zero attached hydrogens (tertiary/aromatic N) is 3. The van der Waals surface area contributed by atoms with Gasteiger partial charge in [0, 0.05) is 17.8 Å². The van der Waals surface area contributed by atoms with Crippen molar-refractivity contribution < 1.29 is 0 Å². The number of rotatable bonds is 2. The van der Waals surface area contributed by atoms with Crippen LogP contribution in [0.15, 0.2) is 23.3 Å². The molecule has 0 aliphatic rings. The maximum Gasteiger partial charge on any atom is 0.151 e. The second-order valence-electron chi connectivity index (χ2n) is 3.01. The number of hydrogen-bond donors (Lipinski definition) is 1. The van der Waals surface area contributed by atoms with Gasteiger partial charge in [0.2, 0.25) is 0 Å². The molecule has 0 aliphatic carbocycles. The molecule has 4 nitrogen and oxygen atoms in total. The molecule has 0 spiro atoms. The van der Waals surface area contributed by atoms with Crippen molar-refractivity contribution in [3.8, 4) is 0 Å². The van der Waals surface area contributed by atoms with Gasteiger partial charge < -0.3 is 5.73 Å². The van der Waals surface area contributed by atoms with Gasteiger partial charge in [-0.2, -0.15) is 0 Å². The lowest BCUT2D eigenvalue weighted by Gasteiger charge is -2.06. The molecule has 1 unspecified atom stereocenters. The largest absolute Gasteiger partial charge is 0.316 e. The van der Waals surface area contributed by atoms with E-state index in [-0.39, 0.29) is 6.04 Å². The van der Waals surface area contributed by atoms with Gasteiger partial charge in [0.05, 0.1) is 11.2 Å². The Balaban J connectivity index is 2.28. The van der Waals surface area contributed by atoms with Crippen molar-refractivity contribution in [1.82, 2.24) is 15.0 Å². The first-order valence-electron chi connectivity index (χ1n) is 4.19. The van der Waals surface area contributed by atoms with E-state index in [0.717, 1.165) is 11.3 Å². The maximum atomic E-state index is 5.93. The molecule has 0 aromatic carbocycles. The number of hydrogen-bond acceptors (Lipinski definition) is 5. The monoisotopic (exact) mass is 206 g/mol. The third-order valence-corrected chi connectivity index (χ3v) is 2.45. The summed E-state index contributed by atoms with van der Waals surface area (Å²) in [4.78, 5) is 12.5. The molecule has 2 aromatic heterocycles. The smallest absolute Gasteiger partial charge is 0.151 e. The van der Waals surface area contributed by atoms with Crippen LogP contribution >= 0.6 is 11.3 Å². The van der Waals surface area contributed by atoms with Crippen molar-refractivity contribution in [2.24, 2.45) is 5.73 Å². The fraction of sp³-hybridized carbons (Fsp3) is 0.222. The van der Waals surface area contributed by atoms with Gasteiger partial charge >= 0.3 is 0 Å². The van der Waals surface area contributed by atoms with Crippen LogP contribution in [0.25, 0.3) is 0 Å². The minimum Gasteiger partial charge on any atom is -0.316 e. The van der Waals surface area contributed by atoms with Crippen molar-refractivity contribution in [3.05, 3.63) is 40.4 Å². The highest BCUT2D eigenvalue weighted by atomic mass is 32.1. The molecule has 0 bridgehead atoms. The Morgan fingerprint density at radius 1 is 1.29 bits per heavy atom. The molecule has 72 valence electrons. The average Bonchev–Trinajstić information content (AvgIpc) is 2.71. The third-order valence-electron chi connectivity index (χ3n) is 1.85. The van der Waals surface area contributed by atoms with E-state index in [2.05, 4.69) is 15.0 Å². The van der Waals surface area contributed by atoms with Crippen LogP contribution in [-0.2, 0) is 0 Å². The van der Waals surface area contributed by atoms with Crippen molar-refractivity contribution in [1.29, 1.82) is 0 Å². The van der Waals surface area contributed by atoms with Crippen molar-refractivity contribution >= 4 is 11.3 Å². The van der Waals surface area contributed by atoms with Crippen LogP contribution in [0.2, 0.25) is 0 Å². The normalized spacial score (nSPS) is 12.7. The molecular weight excluding hydrogens is 196 g/mol. The highest BCUT2D eigenvalue weighted by molar-refractivity contribution is 7.07. The molecular formula is C9H10N4S. The zero-order valence-corrected chi connectivity index (χ0v) is 8.53. The zero-order valence-electron chi connectivity index (χ0n) is 7.71. The highest BCUT2D eigenvalue weighted by Crippen LogP contribution is 2.15. The van der Waals surface area contributed by atoms with Gasteiger partial charge in [0.15, 0.2) is 5.82 Å². The summed E-state index contributed by atoms with van der Waals surface area (Å²) >= 11 is 1.52. The molecule has 2 N–H and O–H groups in total. The van der Waals surface area contributed by atoms with E-state index < -0.39 is 0 Å². The number of aromatic nitrogens is 3. The van der Waals surface area contributed by atoms with Gasteiger partial charge in [-0.25, -0.2) is 15.0 Å². The maximum absolute atomic E-state index is 5.93. The molecule has 5 heteroatoms. The zero-order chi connectivity index (χ0) is 9.97. The van der Waals surface area contributed by atoms with Crippen LogP contribution in [0, 0.1) is 6.92 Å². The van der Waals surface area contributed by atoms with Crippen molar-refractivity contribution in [2.75, 3.05) is 0 Å². The first-order valence-corrected chi connectivity index (χ1v) is 5.14. The molecule has 14 heavy (non-hydrogen) atoms. The lowest BCUT2D eigenvalue weighted by molar-refractivity contribution is 0.757. The predicted octanol–water partition coefficient (Wildman–Crippen LogP) is 1.29. The predicted molar refractivity (Wildman–Crippen MR) is 54.9 cm³/mol. The lowest BCUT2D eigenvalue weighted by Crippen LogP contribution is -2.15. The van der Waals surface area contributed by atoms with Crippen LogP contribution in [0.1, 0.15) is 23.1 Å². The molecule has 0 saturated heterocycles. The van der Waals surface area contributed by atoms with E-state index in [0.29, 0.717) is 5.82 Å². The Labute approximate surface area is 85.9 Å². The number of thiazole rings is 1. The summed E-state index contributed by atoms with van der Waals surface area (Å²) in [7, 11) is 0. The fourth-order valence-electron chi connectivity index (χ4n) is 1.07. The average molecular weight is 206 g/mol. The summed E-state index contributed by atoms with van der Waals surface area (Å²) in [5.74, 6) is 0.613. The number of nitrogens with two attached hydrogens (primary N) is 1. The molecule has 0 fully saturated rings. The van der Waals surface area contributed by atoms with Crippen LogP contribution in [0.5, 0.6) is 0 Å². The van der Waals surface area contributed by atoms with Crippen molar-refractivity contribution in [2.45, 2.75) is 13.0 Å². The fourth-order valence-corrected chi connectivity index (χ4v) is 1.66. The van der Waals surface area contributed by atoms with E-state index in [4.69, 9.17) is 5.73 Å². The minimum atomic E-state index is -0.318. The molecule has 2 rings (SSSR count). The van der Waals surface area contributed by atoms with Crippen molar-refractivity contribution in [3.63, 3.8) is 0 Å². The lowest BCUT2D eigenvalue weighted by atomic mass is 10.2. The SMILES string of the molecule is Cc1cnc(C(N)c2cscn2)nc1. The minimum absolute atomic E-state index is 0.318. The Morgan fingerprint density at radius 2 is 2.00 bits per heavy atom. The molecule has 1 atom stereocenters. The topological polar surface area (TPSA) is 64.7 Å². The molecule has 2 aromatic rings. The first-order chi connectivity index (χ1) is 6.77. The summed E-state index contributed by atoms with van der Waals surface area (Å²) < 4.78 is 0. The second kappa shape index (κ2) is 3.81. The Hall–Kier alpha value is -1.33. The van der Waals surface area contributed by atoms with E-state index in [1.807, 2.05) is 12.3 Å². The van der Waals surface area contributed by atoms with Gasteiger partial charge in [-0.15, -0.1) is 11.3 Å². The van der Waals surface area contributed by atoms with Gasteiger partial charge in [0.25, 0.3) is 0 Å². The molecule has 0 aliphatic heterocycles. The van der Waals surface area contributed by atoms with Gasteiger partial charge in [-0.05, 0) is 12.5 Å². The Bertz CT molecular complexity index is 395. The Kier molecular flexibility index (Phi) is 2.51. The number of aryl methyl sites for hydroxylation is 1. The Morgan fingerprint density at radius 3 is 2.57 bits per heavy atom. The summed E-state index contributed by atoms with van der Waals surface area (Å²) in [6.07, 6.45) is 3.52. The molecule has 0 saturated carbocycles. The van der Waals surface area contributed by atoms with Gasteiger partial charge in [-0.3, -0.25) is 0 Å². The summed E-state index contributed by atoms with van der Waals surface area (Å²) in [6, 6.07) is -0.318. The molecule has 0 radical (unpaired) electrons. The second-order valence-corrected chi connectivity index (χ2v) is 3.73. The van der Waals surface area contributed by atoms with E-state index in [9.17, 15) is 0 Å². The van der Waals surface area contributed by atoms with Crippen LogP contribution < -0.4 is 5.73 Å². The van der Waals surface area contributed by atoms with Crippen LogP contribution in [0.4, 0.5) is 0 Å². The molecule has 2 heterocycles. The third kappa shape index (κ3) is 1.78. The van der Waals surface area contributed by atoms with Gasteiger partial charge in [-0.1, -0.05) is 0 Å².